The molecule has 0 saturated heterocycles. The summed E-state index contributed by atoms with van der Waals surface area (Å²) >= 11 is 1.66. The van der Waals surface area contributed by atoms with Gasteiger partial charge in [0.2, 0.25) is 11.8 Å². The summed E-state index contributed by atoms with van der Waals surface area (Å²) in [5.41, 5.74) is 1.97. The first kappa shape index (κ1) is 24.0. The highest BCUT2D eigenvalue weighted by atomic mass is 32.1. The van der Waals surface area contributed by atoms with E-state index in [1.807, 2.05) is 48.7 Å². The molecule has 7 heteroatoms. The Balaban J connectivity index is 1.48. The zero-order valence-electron chi connectivity index (χ0n) is 19.3. The molecular formula is C27H29FN2O3S. The molecule has 2 amide bonds. The van der Waals surface area contributed by atoms with E-state index in [1.165, 1.54) is 10.9 Å². The van der Waals surface area contributed by atoms with E-state index in [-0.39, 0.29) is 43.2 Å². The largest absolute Gasteiger partial charge is 0.488 e. The summed E-state index contributed by atoms with van der Waals surface area (Å²) in [4.78, 5) is 31.1. The minimum absolute atomic E-state index is 0.0230. The monoisotopic (exact) mass is 480 g/mol. The van der Waals surface area contributed by atoms with Crippen LogP contribution < -0.4 is 4.74 Å². The van der Waals surface area contributed by atoms with Crippen molar-refractivity contribution in [2.45, 2.75) is 32.2 Å². The number of carbonyl (C=O) groups excluding carboxylic acids is 2. The average molecular weight is 481 g/mol. The van der Waals surface area contributed by atoms with Gasteiger partial charge < -0.3 is 14.5 Å². The van der Waals surface area contributed by atoms with E-state index in [1.54, 1.807) is 39.3 Å². The summed E-state index contributed by atoms with van der Waals surface area (Å²) in [6.07, 6.45) is 1.80. The maximum atomic E-state index is 14.1. The van der Waals surface area contributed by atoms with E-state index in [0.717, 1.165) is 24.0 Å². The Morgan fingerprint density at radius 2 is 1.88 bits per heavy atom. The summed E-state index contributed by atoms with van der Waals surface area (Å²) in [6.45, 7) is 3.24. The number of hydrogen-bond donors (Lipinski definition) is 0. The minimum atomic E-state index is -0.428. The van der Waals surface area contributed by atoms with Gasteiger partial charge in [0.05, 0.1) is 19.0 Å². The van der Waals surface area contributed by atoms with E-state index in [2.05, 4.69) is 0 Å². The highest BCUT2D eigenvalue weighted by Crippen LogP contribution is 2.34. The third-order valence-corrected chi connectivity index (χ3v) is 7.02. The molecule has 3 aromatic rings. The Morgan fingerprint density at radius 3 is 2.65 bits per heavy atom. The van der Waals surface area contributed by atoms with Crippen molar-refractivity contribution >= 4 is 23.2 Å². The lowest BCUT2D eigenvalue weighted by molar-refractivity contribution is -0.142. The number of thiophene rings is 1. The van der Waals surface area contributed by atoms with Crippen LogP contribution in [0.5, 0.6) is 5.75 Å². The molecule has 1 aromatic heterocycles. The molecule has 0 fully saturated rings. The smallest absolute Gasteiger partial charge is 0.242 e. The molecule has 0 spiro atoms. The molecule has 2 aromatic carbocycles. The summed E-state index contributed by atoms with van der Waals surface area (Å²) < 4.78 is 19.9. The number of rotatable bonds is 9. The van der Waals surface area contributed by atoms with Crippen LogP contribution in [0.25, 0.3) is 0 Å². The fourth-order valence-corrected chi connectivity index (χ4v) is 5.23. The minimum Gasteiger partial charge on any atom is -0.488 e. The average Bonchev–Trinajstić information content (AvgIpc) is 3.33. The van der Waals surface area contributed by atoms with Crippen molar-refractivity contribution in [1.29, 1.82) is 0 Å². The number of halogens is 1. The van der Waals surface area contributed by atoms with E-state index < -0.39 is 5.82 Å². The number of carbonyl (C=O) groups is 2. The van der Waals surface area contributed by atoms with E-state index >= 15 is 0 Å². The van der Waals surface area contributed by atoms with Gasteiger partial charge in [-0.3, -0.25) is 9.59 Å². The van der Waals surface area contributed by atoms with Crippen molar-refractivity contribution in [2.75, 3.05) is 26.2 Å². The van der Waals surface area contributed by atoms with Crippen LogP contribution in [-0.2, 0) is 22.4 Å². The van der Waals surface area contributed by atoms with E-state index in [4.69, 9.17) is 4.74 Å². The third kappa shape index (κ3) is 5.65. The third-order valence-electron chi connectivity index (χ3n) is 6.02. The molecule has 0 N–H and O–H groups in total. The van der Waals surface area contributed by atoms with Crippen molar-refractivity contribution in [3.63, 3.8) is 0 Å². The molecule has 34 heavy (non-hydrogen) atoms. The molecule has 0 unspecified atom stereocenters. The van der Waals surface area contributed by atoms with E-state index in [9.17, 15) is 14.0 Å². The maximum Gasteiger partial charge on any atom is 0.242 e. The van der Waals surface area contributed by atoms with Crippen LogP contribution in [0.1, 0.15) is 35.4 Å². The zero-order chi connectivity index (χ0) is 23.9. The molecule has 5 nitrogen and oxygen atoms in total. The van der Waals surface area contributed by atoms with Crippen LogP contribution in [0, 0.1) is 5.82 Å². The second-order valence-corrected chi connectivity index (χ2v) is 9.37. The standard InChI is InChI=1S/C27H29FN2O3S/c1-2-14-29(26(31)17-20-8-4-3-5-9-20)18-27(32)30-15-12-25-21(13-16-34-25)23(30)19-33-24-11-7-6-10-22(24)28/h3-11,13,16,23H,2,12,14-15,17-19H2,1H3/t23-/m0/s1. The Morgan fingerprint density at radius 1 is 1.12 bits per heavy atom. The number of nitrogens with zero attached hydrogens (tertiary/aromatic N) is 2. The van der Waals surface area contributed by atoms with Crippen LogP contribution in [-0.4, -0.2) is 47.9 Å². The number of amides is 2. The van der Waals surface area contributed by atoms with Gasteiger partial charge in [0, 0.05) is 18.0 Å². The summed E-state index contributed by atoms with van der Waals surface area (Å²) in [5.74, 6) is -0.437. The topological polar surface area (TPSA) is 49.9 Å². The van der Waals surface area contributed by atoms with Gasteiger partial charge in [-0.1, -0.05) is 49.4 Å². The van der Waals surface area contributed by atoms with Gasteiger partial charge in [-0.25, -0.2) is 4.39 Å². The van der Waals surface area contributed by atoms with Crippen molar-refractivity contribution < 1.29 is 18.7 Å². The lowest BCUT2D eigenvalue weighted by atomic mass is 10.0. The fourth-order valence-electron chi connectivity index (χ4n) is 4.30. The summed E-state index contributed by atoms with van der Waals surface area (Å²) in [7, 11) is 0. The first-order valence-corrected chi connectivity index (χ1v) is 12.5. The van der Waals surface area contributed by atoms with Crippen LogP contribution in [0.15, 0.2) is 66.0 Å². The fraction of sp³-hybridized carbons (Fsp3) is 0.333. The molecule has 1 aliphatic rings. The van der Waals surface area contributed by atoms with Gasteiger partial charge in [0.1, 0.15) is 6.61 Å². The Kier molecular flexibility index (Phi) is 7.95. The lowest BCUT2D eigenvalue weighted by Crippen LogP contribution is -2.48. The number of hydrogen-bond acceptors (Lipinski definition) is 4. The zero-order valence-corrected chi connectivity index (χ0v) is 20.1. The normalized spacial score (nSPS) is 15.0. The predicted molar refractivity (Wildman–Crippen MR) is 131 cm³/mol. The van der Waals surface area contributed by atoms with E-state index in [0.29, 0.717) is 13.1 Å². The molecule has 2 heterocycles. The SMILES string of the molecule is CCCN(CC(=O)N1CCc2sccc2[C@@H]1COc1ccccc1F)C(=O)Cc1ccccc1. The second kappa shape index (κ2) is 11.3. The highest BCUT2D eigenvalue weighted by Gasteiger charge is 2.33. The Hall–Kier alpha value is -3.19. The van der Waals surface area contributed by atoms with Crippen LogP contribution in [0.2, 0.25) is 0 Å². The number of fused-ring (bicyclic) bond motifs is 1. The van der Waals surface area contributed by atoms with Crippen LogP contribution in [0.4, 0.5) is 4.39 Å². The number of benzene rings is 2. The molecule has 1 atom stereocenters. The summed E-state index contributed by atoms with van der Waals surface area (Å²) in [5, 5.41) is 2.02. The van der Waals surface area contributed by atoms with Crippen molar-refractivity contribution in [3.8, 4) is 5.75 Å². The van der Waals surface area contributed by atoms with Gasteiger partial charge in [0.15, 0.2) is 11.6 Å². The molecule has 4 rings (SSSR count). The van der Waals surface area contributed by atoms with Crippen LogP contribution >= 0.6 is 11.3 Å². The lowest BCUT2D eigenvalue weighted by Gasteiger charge is -2.37. The quantitative estimate of drug-likeness (QED) is 0.439. The summed E-state index contributed by atoms with van der Waals surface area (Å²) in [6, 6.07) is 17.5. The molecule has 0 radical (unpaired) electrons. The molecule has 0 saturated carbocycles. The predicted octanol–water partition coefficient (Wildman–Crippen LogP) is 4.87. The van der Waals surface area contributed by atoms with Gasteiger partial charge in [-0.15, -0.1) is 11.3 Å². The first-order chi connectivity index (χ1) is 16.6. The van der Waals surface area contributed by atoms with Gasteiger partial charge in [-0.2, -0.15) is 0 Å². The Bertz CT molecular complexity index is 1120. The van der Waals surface area contributed by atoms with Crippen molar-refractivity contribution in [2.24, 2.45) is 0 Å². The number of para-hydroxylation sites is 1. The van der Waals surface area contributed by atoms with Crippen molar-refractivity contribution in [1.82, 2.24) is 9.80 Å². The van der Waals surface area contributed by atoms with Gasteiger partial charge in [-0.05, 0) is 47.5 Å². The first-order valence-electron chi connectivity index (χ1n) is 11.6. The second-order valence-electron chi connectivity index (χ2n) is 8.37. The molecule has 0 bridgehead atoms. The number of ether oxygens (including phenoxy) is 1. The molecule has 178 valence electrons. The maximum absolute atomic E-state index is 14.1. The molecular weight excluding hydrogens is 451 g/mol. The van der Waals surface area contributed by atoms with Gasteiger partial charge >= 0.3 is 0 Å². The van der Waals surface area contributed by atoms with Crippen LogP contribution in [0.3, 0.4) is 0 Å². The Labute approximate surface area is 203 Å². The molecule has 1 aliphatic heterocycles. The molecule has 0 aliphatic carbocycles. The van der Waals surface area contributed by atoms with Gasteiger partial charge in [0.25, 0.3) is 0 Å². The highest BCUT2D eigenvalue weighted by molar-refractivity contribution is 7.10. The van der Waals surface area contributed by atoms with Crippen molar-refractivity contribution in [3.05, 3.63) is 87.9 Å².